The Morgan fingerprint density at radius 1 is 1.27 bits per heavy atom. The zero-order valence-corrected chi connectivity index (χ0v) is 9.07. The van der Waals surface area contributed by atoms with Crippen LogP contribution in [0.4, 0.5) is 0 Å². The quantitative estimate of drug-likeness (QED) is 0.584. The van der Waals surface area contributed by atoms with Crippen molar-refractivity contribution in [3.8, 4) is 5.75 Å². The van der Waals surface area contributed by atoms with Crippen molar-refractivity contribution >= 4 is 22.5 Å². The molecule has 2 rings (SSSR count). The Labute approximate surface area is 93.8 Å². The Morgan fingerprint density at radius 3 is 3.07 bits per heavy atom. The summed E-state index contributed by atoms with van der Waals surface area (Å²) in [4.78, 5) is 4.26. The Bertz CT molecular complexity index is 444. The standard InChI is InChI=1S/C12H12ClNO/c13-6-2-8-15-11-5-4-10-3-1-7-14-12(10)9-11/h1,3-5,7,9H,2,6,8H2. The highest BCUT2D eigenvalue weighted by Gasteiger charge is 1.97. The lowest BCUT2D eigenvalue weighted by Gasteiger charge is -2.05. The van der Waals surface area contributed by atoms with Gasteiger partial charge in [-0.05, 0) is 24.6 Å². The van der Waals surface area contributed by atoms with E-state index in [1.54, 1.807) is 6.20 Å². The zero-order valence-electron chi connectivity index (χ0n) is 8.32. The maximum atomic E-state index is 5.57. The van der Waals surface area contributed by atoms with Crippen LogP contribution in [0.25, 0.3) is 10.9 Å². The van der Waals surface area contributed by atoms with Gasteiger partial charge in [0, 0.05) is 23.5 Å². The number of benzene rings is 1. The summed E-state index contributed by atoms with van der Waals surface area (Å²) in [6.07, 6.45) is 2.65. The third kappa shape index (κ3) is 2.60. The average Bonchev–Trinajstić information content (AvgIpc) is 2.29. The molecule has 0 fully saturated rings. The van der Waals surface area contributed by atoms with Crippen LogP contribution in [0.2, 0.25) is 0 Å². The molecule has 0 radical (unpaired) electrons. The van der Waals surface area contributed by atoms with E-state index in [2.05, 4.69) is 4.98 Å². The molecule has 0 aliphatic carbocycles. The van der Waals surface area contributed by atoms with Crippen molar-refractivity contribution < 1.29 is 4.74 Å². The van der Waals surface area contributed by atoms with Crippen LogP contribution in [0.15, 0.2) is 36.5 Å². The zero-order chi connectivity index (χ0) is 10.5. The number of aromatic nitrogens is 1. The first-order valence-electron chi connectivity index (χ1n) is 4.94. The number of halogens is 1. The van der Waals surface area contributed by atoms with Gasteiger partial charge in [-0.15, -0.1) is 11.6 Å². The molecule has 1 aromatic heterocycles. The van der Waals surface area contributed by atoms with Gasteiger partial charge in [-0.2, -0.15) is 0 Å². The van der Waals surface area contributed by atoms with Gasteiger partial charge in [0.05, 0.1) is 12.1 Å². The minimum atomic E-state index is 0.631. The number of alkyl halides is 1. The lowest BCUT2D eigenvalue weighted by atomic mass is 10.2. The molecule has 1 aromatic carbocycles. The molecule has 2 aromatic rings. The van der Waals surface area contributed by atoms with E-state index in [1.165, 1.54) is 0 Å². The Hall–Kier alpha value is -1.28. The number of hydrogen-bond acceptors (Lipinski definition) is 2. The molecule has 3 heteroatoms. The molecular weight excluding hydrogens is 210 g/mol. The normalized spacial score (nSPS) is 10.5. The number of rotatable bonds is 4. The molecule has 0 aliphatic rings. The van der Waals surface area contributed by atoms with E-state index >= 15 is 0 Å². The number of ether oxygens (including phenoxy) is 1. The molecule has 0 amide bonds. The van der Waals surface area contributed by atoms with Crippen LogP contribution < -0.4 is 4.74 Å². The van der Waals surface area contributed by atoms with Gasteiger partial charge in [-0.25, -0.2) is 0 Å². The molecule has 0 aliphatic heterocycles. The highest BCUT2D eigenvalue weighted by molar-refractivity contribution is 6.17. The predicted octanol–water partition coefficient (Wildman–Crippen LogP) is 3.24. The van der Waals surface area contributed by atoms with Crippen molar-refractivity contribution in [1.82, 2.24) is 4.98 Å². The highest BCUT2D eigenvalue weighted by Crippen LogP contribution is 2.18. The summed E-state index contributed by atoms with van der Waals surface area (Å²) in [5.41, 5.74) is 0.959. The van der Waals surface area contributed by atoms with Gasteiger partial charge in [-0.3, -0.25) is 4.98 Å². The lowest BCUT2D eigenvalue weighted by Crippen LogP contribution is -1.97. The van der Waals surface area contributed by atoms with Gasteiger partial charge >= 0.3 is 0 Å². The molecule has 0 N–H and O–H groups in total. The molecule has 1 heterocycles. The van der Waals surface area contributed by atoms with Crippen molar-refractivity contribution in [3.63, 3.8) is 0 Å². The number of hydrogen-bond donors (Lipinski definition) is 0. The molecule has 78 valence electrons. The molecule has 2 nitrogen and oxygen atoms in total. The van der Waals surface area contributed by atoms with E-state index in [1.807, 2.05) is 30.3 Å². The fraction of sp³-hybridized carbons (Fsp3) is 0.250. The molecule has 0 saturated heterocycles. The summed E-state index contributed by atoms with van der Waals surface area (Å²) < 4.78 is 5.53. The minimum absolute atomic E-state index is 0.631. The summed E-state index contributed by atoms with van der Waals surface area (Å²) in [5.74, 6) is 1.48. The van der Waals surface area contributed by atoms with Crippen LogP contribution in [-0.4, -0.2) is 17.5 Å². The van der Waals surface area contributed by atoms with E-state index in [9.17, 15) is 0 Å². The number of pyridine rings is 1. The van der Waals surface area contributed by atoms with Gasteiger partial charge in [0.2, 0.25) is 0 Å². The van der Waals surface area contributed by atoms with Crippen LogP contribution in [0.1, 0.15) is 6.42 Å². The molecule has 15 heavy (non-hydrogen) atoms. The van der Waals surface area contributed by atoms with Crippen molar-refractivity contribution in [2.75, 3.05) is 12.5 Å². The molecular formula is C12H12ClNO. The Balaban J connectivity index is 2.16. The molecule has 0 saturated carbocycles. The monoisotopic (exact) mass is 221 g/mol. The van der Waals surface area contributed by atoms with Crippen LogP contribution >= 0.6 is 11.6 Å². The largest absolute Gasteiger partial charge is 0.493 e. The average molecular weight is 222 g/mol. The van der Waals surface area contributed by atoms with E-state index in [0.29, 0.717) is 12.5 Å². The first-order valence-corrected chi connectivity index (χ1v) is 5.47. The highest BCUT2D eigenvalue weighted by atomic mass is 35.5. The smallest absolute Gasteiger partial charge is 0.121 e. The van der Waals surface area contributed by atoms with Crippen LogP contribution in [-0.2, 0) is 0 Å². The van der Waals surface area contributed by atoms with Crippen LogP contribution in [0, 0.1) is 0 Å². The third-order valence-electron chi connectivity index (χ3n) is 2.12. The summed E-state index contributed by atoms with van der Waals surface area (Å²) in [6, 6.07) is 9.88. The summed E-state index contributed by atoms with van der Waals surface area (Å²) in [7, 11) is 0. The fourth-order valence-corrected chi connectivity index (χ4v) is 1.49. The van der Waals surface area contributed by atoms with Gasteiger partial charge in [0.1, 0.15) is 5.75 Å². The molecule has 0 atom stereocenters. The second kappa shape index (κ2) is 4.99. The summed E-state index contributed by atoms with van der Waals surface area (Å²) >= 11 is 5.57. The van der Waals surface area contributed by atoms with Crippen molar-refractivity contribution in [2.24, 2.45) is 0 Å². The fourth-order valence-electron chi connectivity index (χ4n) is 1.38. The van der Waals surface area contributed by atoms with Gasteiger partial charge in [-0.1, -0.05) is 6.07 Å². The molecule has 0 bridgehead atoms. The maximum Gasteiger partial charge on any atom is 0.121 e. The van der Waals surface area contributed by atoms with Gasteiger partial charge < -0.3 is 4.74 Å². The molecule has 0 unspecified atom stereocenters. The Morgan fingerprint density at radius 2 is 2.20 bits per heavy atom. The van der Waals surface area contributed by atoms with E-state index in [-0.39, 0.29) is 0 Å². The number of fused-ring (bicyclic) bond motifs is 1. The van der Waals surface area contributed by atoms with E-state index < -0.39 is 0 Å². The van der Waals surface area contributed by atoms with Crippen LogP contribution in [0.3, 0.4) is 0 Å². The number of nitrogens with zero attached hydrogens (tertiary/aromatic N) is 1. The third-order valence-corrected chi connectivity index (χ3v) is 2.39. The van der Waals surface area contributed by atoms with Crippen molar-refractivity contribution in [3.05, 3.63) is 36.5 Å². The van der Waals surface area contributed by atoms with E-state index in [4.69, 9.17) is 16.3 Å². The van der Waals surface area contributed by atoms with Gasteiger partial charge in [0.15, 0.2) is 0 Å². The van der Waals surface area contributed by atoms with Crippen molar-refractivity contribution in [2.45, 2.75) is 6.42 Å². The van der Waals surface area contributed by atoms with Crippen LogP contribution in [0.5, 0.6) is 5.75 Å². The summed E-state index contributed by atoms with van der Waals surface area (Å²) in [6.45, 7) is 0.655. The second-order valence-electron chi connectivity index (χ2n) is 3.25. The minimum Gasteiger partial charge on any atom is -0.493 e. The van der Waals surface area contributed by atoms with Crippen molar-refractivity contribution in [1.29, 1.82) is 0 Å². The lowest BCUT2D eigenvalue weighted by molar-refractivity contribution is 0.318. The van der Waals surface area contributed by atoms with Gasteiger partial charge in [0.25, 0.3) is 0 Å². The first kappa shape index (κ1) is 10.2. The topological polar surface area (TPSA) is 22.1 Å². The first-order chi connectivity index (χ1) is 7.40. The predicted molar refractivity (Wildman–Crippen MR) is 62.6 cm³/mol. The Kier molecular flexibility index (Phi) is 3.41. The second-order valence-corrected chi connectivity index (χ2v) is 3.63. The van der Waals surface area contributed by atoms with E-state index in [0.717, 1.165) is 23.1 Å². The maximum absolute atomic E-state index is 5.57. The molecule has 0 spiro atoms. The summed E-state index contributed by atoms with van der Waals surface area (Å²) in [5, 5.41) is 1.13. The SMILES string of the molecule is ClCCCOc1ccc2cccnc2c1.